The van der Waals surface area contributed by atoms with Crippen LogP contribution in [0, 0.1) is 5.92 Å². The fourth-order valence-electron chi connectivity index (χ4n) is 2.95. The number of nitrogens with two attached hydrogens (primary N) is 1. The monoisotopic (exact) mass is 290 g/mol. The van der Waals surface area contributed by atoms with Gasteiger partial charge in [-0.1, -0.05) is 19.8 Å². The van der Waals surface area contributed by atoms with Crippen molar-refractivity contribution in [3.63, 3.8) is 0 Å². The normalized spacial score (nSPS) is 21.9. The minimum atomic E-state index is -0.0445. The predicted molar refractivity (Wildman–Crippen MR) is 85.5 cm³/mol. The van der Waals surface area contributed by atoms with E-state index >= 15 is 0 Å². The van der Waals surface area contributed by atoms with Gasteiger partial charge in [-0.3, -0.25) is 4.79 Å². The number of rotatable bonds is 4. The van der Waals surface area contributed by atoms with Crippen LogP contribution in [-0.4, -0.2) is 31.0 Å². The minimum absolute atomic E-state index is 0.0445. The summed E-state index contributed by atoms with van der Waals surface area (Å²) in [6, 6.07) is 5.31. The molecule has 1 aromatic rings. The third-order valence-corrected chi connectivity index (χ3v) is 4.27. The molecule has 21 heavy (non-hydrogen) atoms. The molecule has 0 aromatic heterocycles. The first-order valence-electron chi connectivity index (χ1n) is 7.79. The molecule has 1 saturated carbocycles. The second-order valence-electron chi connectivity index (χ2n) is 6.13. The molecule has 0 aliphatic heterocycles. The summed E-state index contributed by atoms with van der Waals surface area (Å²) >= 11 is 0. The van der Waals surface area contributed by atoms with Crippen LogP contribution in [0.15, 0.2) is 18.2 Å². The van der Waals surface area contributed by atoms with Crippen LogP contribution in [0.25, 0.3) is 0 Å². The Kier molecular flexibility index (Phi) is 5.10. The molecule has 1 aliphatic rings. The van der Waals surface area contributed by atoms with E-state index in [1.165, 1.54) is 19.3 Å². The quantitative estimate of drug-likeness (QED) is 0.865. The van der Waals surface area contributed by atoms with Crippen molar-refractivity contribution in [2.75, 3.05) is 19.8 Å². The number of benzene rings is 1. The molecule has 4 nitrogen and oxygen atoms in total. The van der Waals surface area contributed by atoms with Gasteiger partial charge in [-0.15, -0.1) is 0 Å². The fourth-order valence-corrected chi connectivity index (χ4v) is 2.95. The summed E-state index contributed by atoms with van der Waals surface area (Å²) in [5, 5.41) is 0. The molecule has 4 heteroatoms. The zero-order valence-electron chi connectivity index (χ0n) is 13.3. The lowest BCUT2D eigenvalue weighted by molar-refractivity contribution is 0.0827. The van der Waals surface area contributed by atoms with E-state index in [9.17, 15) is 4.79 Å². The maximum Gasteiger partial charge on any atom is 0.253 e. The van der Waals surface area contributed by atoms with Crippen LogP contribution >= 0.6 is 0 Å². The smallest absolute Gasteiger partial charge is 0.253 e. The highest BCUT2D eigenvalue weighted by atomic mass is 16.5. The summed E-state index contributed by atoms with van der Waals surface area (Å²) in [6.07, 6.45) is 6.19. The highest BCUT2D eigenvalue weighted by Crippen LogP contribution is 2.32. The van der Waals surface area contributed by atoms with Crippen LogP contribution in [0.1, 0.15) is 49.4 Å². The van der Waals surface area contributed by atoms with Gasteiger partial charge in [-0.2, -0.15) is 0 Å². The third kappa shape index (κ3) is 3.90. The lowest BCUT2D eigenvalue weighted by Crippen LogP contribution is -2.25. The summed E-state index contributed by atoms with van der Waals surface area (Å²) in [7, 11) is 3.46. The van der Waals surface area contributed by atoms with Gasteiger partial charge in [0.1, 0.15) is 5.75 Å². The van der Waals surface area contributed by atoms with Crippen LogP contribution < -0.4 is 10.5 Å². The molecule has 1 fully saturated rings. The molecule has 0 saturated heterocycles. The van der Waals surface area contributed by atoms with E-state index in [0.29, 0.717) is 17.0 Å². The van der Waals surface area contributed by atoms with Crippen molar-refractivity contribution in [2.45, 2.75) is 45.1 Å². The molecule has 2 unspecified atom stereocenters. The van der Waals surface area contributed by atoms with Gasteiger partial charge in [0.2, 0.25) is 0 Å². The Morgan fingerprint density at radius 1 is 1.38 bits per heavy atom. The Morgan fingerprint density at radius 2 is 2.14 bits per heavy atom. The van der Waals surface area contributed by atoms with Gasteiger partial charge in [-0.25, -0.2) is 0 Å². The fraction of sp³-hybridized carbons (Fsp3) is 0.588. The number of hydrogen-bond acceptors (Lipinski definition) is 3. The van der Waals surface area contributed by atoms with E-state index in [4.69, 9.17) is 10.5 Å². The predicted octanol–water partition coefficient (Wildman–Crippen LogP) is 3.32. The highest BCUT2D eigenvalue weighted by molar-refractivity contribution is 5.95. The Labute approximate surface area is 127 Å². The van der Waals surface area contributed by atoms with Crippen molar-refractivity contribution in [1.82, 2.24) is 4.90 Å². The SMILES string of the molecule is CCC1CCCC(Oc2ccc(C(=O)N(C)C)cc2N)C1. The van der Waals surface area contributed by atoms with E-state index in [-0.39, 0.29) is 12.0 Å². The highest BCUT2D eigenvalue weighted by Gasteiger charge is 2.23. The van der Waals surface area contributed by atoms with Gasteiger partial charge in [-0.05, 0) is 43.4 Å². The Balaban J connectivity index is 2.05. The first-order chi connectivity index (χ1) is 10.0. The number of nitrogens with zero attached hydrogens (tertiary/aromatic N) is 1. The van der Waals surface area contributed by atoms with E-state index in [2.05, 4.69) is 6.92 Å². The molecule has 0 heterocycles. The van der Waals surface area contributed by atoms with E-state index < -0.39 is 0 Å². The van der Waals surface area contributed by atoms with Gasteiger partial charge in [0.15, 0.2) is 0 Å². The van der Waals surface area contributed by atoms with Crippen LogP contribution in [0.3, 0.4) is 0 Å². The first kappa shape index (κ1) is 15.7. The van der Waals surface area contributed by atoms with E-state index in [1.54, 1.807) is 31.1 Å². The number of hydrogen-bond donors (Lipinski definition) is 1. The van der Waals surface area contributed by atoms with E-state index in [1.807, 2.05) is 6.07 Å². The molecule has 0 radical (unpaired) electrons. The second kappa shape index (κ2) is 6.83. The van der Waals surface area contributed by atoms with Gasteiger partial charge in [0, 0.05) is 19.7 Å². The molecular formula is C17H26N2O2. The van der Waals surface area contributed by atoms with Crippen molar-refractivity contribution < 1.29 is 9.53 Å². The van der Waals surface area contributed by atoms with Crippen LogP contribution in [0.5, 0.6) is 5.75 Å². The van der Waals surface area contributed by atoms with Gasteiger partial charge in [0.25, 0.3) is 5.91 Å². The molecule has 1 aromatic carbocycles. The summed E-state index contributed by atoms with van der Waals surface area (Å²) in [5.41, 5.74) is 7.19. The zero-order chi connectivity index (χ0) is 15.4. The van der Waals surface area contributed by atoms with Gasteiger partial charge in [0.05, 0.1) is 11.8 Å². The van der Waals surface area contributed by atoms with Crippen molar-refractivity contribution in [2.24, 2.45) is 5.92 Å². The molecule has 2 N–H and O–H groups in total. The average molecular weight is 290 g/mol. The number of anilines is 1. The summed E-state index contributed by atoms with van der Waals surface area (Å²) in [4.78, 5) is 13.5. The Bertz CT molecular complexity index is 500. The molecule has 0 spiro atoms. The largest absolute Gasteiger partial charge is 0.488 e. The van der Waals surface area contributed by atoms with Gasteiger partial charge < -0.3 is 15.4 Å². The number of amides is 1. The minimum Gasteiger partial charge on any atom is -0.488 e. The maximum atomic E-state index is 11.9. The summed E-state index contributed by atoms with van der Waals surface area (Å²) in [6.45, 7) is 2.24. The standard InChI is InChI=1S/C17H26N2O2/c1-4-12-6-5-7-14(10-12)21-16-9-8-13(11-15(16)18)17(20)19(2)3/h8-9,11-12,14H,4-7,10,18H2,1-3H3. The number of carbonyl (C=O) groups is 1. The molecule has 1 aliphatic carbocycles. The second-order valence-corrected chi connectivity index (χ2v) is 6.13. The van der Waals surface area contributed by atoms with Crippen LogP contribution in [0.4, 0.5) is 5.69 Å². The number of nitrogen functional groups attached to an aromatic ring is 1. The average Bonchev–Trinajstić information content (AvgIpc) is 2.48. The molecular weight excluding hydrogens is 264 g/mol. The summed E-state index contributed by atoms with van der Waals surface area (Å²) in [5.74, 6) is 1.42. The third-order valence-electron chi connectivity index (χ3n) is 4.27. The van der Waals surface area contributed by atoms with Crippen molar-refractivity contribution in [3.8, 4) is 5.75 Å². The van der Waals surface area contributed by atoms with Crippen LogP contribution in [-0.2, 0) is 0 Å². The zero-order valence-corrected chi connectivity index (χ0v) is 13.3. The number of ether oxygens (including phenoxy) is 1. The Hall–Kier alpha value is -1.71. The van der Waals surface area contributed by atoms with Gasteiger partial charge >= 0.3 is 0 Å². The lowest BCUT2D eigenvalue weighted by atomic mass is 9.85. The van der Waals surface area contributed by atoms with Crippen molar-refractivity contribution in [3.05, 3.63) is 23.8 Å². The van der Waals surface area contributed by atoms with E-state index in [0.717, 1.165) is 18.8 Å². The van der Waals surface area contributed by atoms with Crippen molar-refractivity contribution >= 4 is 11.6 Å². The maximum absolute atomic E-state index is 11.9. The molecule has 0 bridgehead atoms. The molecule has 2 rings (SSSR count). The topological polar surface area (TPSA) is 55.6 Å². The molecule has 2 atom stereocenters. The lowest BCUT2D eigenvalue weighted by Gasteiger charge is -2.29. The molecule has 116 valence electrons. The number of carbonyl (C=O) groups excluding carboxylic acids is 1. The van der Waals surface area contributed by atoms with Crippen LogP contribution in [0.2, 0.25) is 0 Å². The summed E-state index contributed by atoms with van der Waals surface area (Å²) < 4.78 is 6.06. The first-order valence-corrected chi connectivity index (χ1v) is 7.79. The Morgan fingerprint density at radius 3 is 2.76 bits per heavy atom. The van der Waals surface area contributed by atoms with Crippen molar-refractivity contribution in [1.29, 1.82) is 0 Å². The molecule has 1 amide bonds.